The molecule has 4 aliphatic heterocycles. The molecule has 4 aliphatic rings. The highest BCUT2D eigenvalue weighted by Gasteiger charge is 2.39. The number of H-pyrrole nitrogens is 1. The molecule has 3 aromatic rings. The van der Waals surface area contributed by atoms with Gasteiger partial charge in [-0.2, -0.15) is 5.10 Å². The molecule has 0 radical (unpaired) electrons. The molecule has 2 bridgehead atoms. The van der Waals surface area contributed by atoms with Gasteiger partial charge in [-0.25, -0.2) is 9.50 Å². The van der Waals surface area contributed by atoms with Gasteiger partial charge in [0.15, 0.2) is 11.6 Å². The maximum absolute atomic E-state index is 5.96. The number of hydrogen-bond acceptors (Lipinski definition) is 7. The molecule has 0 aromatic carbocycles. The molecule has 4 unspecified atom stereocenters. The van der Waals surface area contributed by atoms with Gasteiger partial charge in [0.05, 0.1) is 36.3 Å². The predicted octanol–water partition coefficient (Wildman–Crippen LogP) is 1.71. The third-order valence-corrected chi connectivity index (χ3v) is 6.04. The van der Waals surface area contributed by atoms with E-state index in [1.165, 1.54) is 0 Å². The Morgan fingerprint density at radius 2 is 1.79 bits per heavy atom. The van der Waals surface area contributed by atoms with Gasteiger partial charge in [0.25, 0.3) is 0 Å². The Morgan fingerprint density at radius 3 is 2.48 bits per heavy atom. The molecule has 9 nitrogen and oxygen atoms in total. The average molecular weight is 395 g/mol. The smallest absolute Gasteiger partial charge is 0.182 e. The van der Waals surface area contributed by atoms with Gasteiger partial charge >= 0.3 is 0 Å². The van der Waals surface area contributed by atoms with E-state index >= 15 is 0 Å². The number of anilines is 2. The molecule has 0 spiro atoms. The van der Waals surface area contributed by atoms with Crippen molar-refractivity contribution in [1.82, 2.24) is 24.8 Å². The first kappa shape index (κ1) is 17.2. The Bertz CT molecular complexity index is 1010. The molecule has 0 saturated carbocycles. The fourth-order valence-corrected chi connectivity index (χ4v) is 4.83. The number of rotatable bonds is 3. The van der Waals surface area contributed by atoms with Crippen LogP contribution in [0.4, 0.5) is 11.5 Å². The van der Waals surface area contributed by atoms with Crippen LogP contribution in [-0.2, 0) is 9.47 Å². The first-order chi connectivity index (χ1) is 14.1. The Labute approximate surface area is 168 Å². The van der Waals surface area contributed by atoms with Crippen LogP contribution in [0.2, 0.25) is 0 Å². The summed E-state index contributed by atoms with van der Waals surface area (Å²) in [5.41, 5.74) is 2.92. The lowest BCUT2D eigenvalue weighted by atomic mass is 9.99. The van der Waals surface area contributed by atoms with Gasteiger partial charge in [-0.05, 0) is 19.9 Å². The first-order valence-corrected chi connectivity index (χ1v) is 10.3. The molecule has 29 heavy (non-hydrogen) atoms. The highest BCUT2D eigenvalue weighted by molar-refractivity contribution is 5.77. The lowest BCUT2D eigenvalue weighted by Gasteiger charge is -2.47. The third-order valence-electron chi connectivity index (χ3n) is 6.04. The van der Waals surface area contributed by atoms with Crippen molar-refractivity contribution in [3.63, 3.8) is 0 Å². The molecule has 0 amide bonds. The van der Waals surface area contributed by atoms with Crippen LogP contribution in [0.1, 0.15) is 20.3 Å². The Hall–Kier alpha value is -2.65. The molecule has 7 heterocycles. The van der Waals surface area contributed by atoms with Crippen molar-refractivity contribution in [2.45, 2.75) is 44.7 Å². The quantitative estimate of drug-likeness (QED) is 0.723. The zero-order valence-corrected chi connectivity index (χ0v) is 16.7. The second-order valence-corrected chi connectivity index (χ2v) is 8.41. The van der Waals surface area contributed by atoms with Crippen molar-refractivity contribution in [1.29, 1.82) is 0 Å². The molecule has 1 N–H and O–H groups in total. The maximum atomic E-state index is 5.96. The number of fused-ring (bicyclic) bond motifs is 3. The van der Waals surface area contributed by atoms with E-state index in [1.54, 1.807) is 0 Å². The summed E-state index contributed by atoms with van der Waals surface area (Å²) in [4.78, 5) is 9.40. The van der Waals surface area contributed by atoms with Crippen LogP contribution in [0.25, 0.3) is 17.0 Å². The fourth-order valence-electron chi connectivity index (χ4n) is 4.83. The van der Waals surface area contributed by atoms with Crippen LogP contribution in [0.5, 0.6) is 0 Å². The summed E-state index contributed by atoms with van der Waals surface area (Å²) in [6.45, 7) is 7.72. The summed E-state index contributed by atoms with van der Waals surface area (Å²) in [5, 5.41) is 12.2. The standard InChI is InChI=1S/C20H25N7O2/c1-12-8-25(9-13(2)28-12)17-6-19(26-10-14-5-15(11-26)29-14)24-27-18(17)7-21-20(27)16-3-4-22-23-16/h3-4,6-7,12-15H,5,8-11H2,1-2H3,(H,22,23). The van der Waals surface area contributed by atoms with E-state index in [0.717, 1.165) is 61.1 Å². The van der Waals surface area contributed by atoms with E-state index < -0.39 is 0 Å². The summed E-state index contributed by atoms with van der Waals surface area (Å²) in [5.74, 6) is 1.71. The van der Waals surface area contributed by atoms with Crippen molar-refractivity contribution < 1.29 is 9.47 Å². The number of nitrogens with zero attached hydrogens (tertiary/aromatic N) is 6. The molecule has 4 fully saturated rings. The summed E-state index contributed by atoms with van der Waals surface area (Å²) in [7, 11) is 0. The van der Waals surface area contributed by atoms with Crippen molar-refractivity contribution in [3.8, 4) is 11.5 Å². The van der Waals surface area contributed by atoms with Crippen molar-refractivity contribution in [3.05, 3.63) is 24.5 Å². The number of ether oxygens (including phenoxy) is 2. The zero-order valence-electron chi connectivity index (χ0n) is 16.7. The van der Waals surface area contributed by atoms with E-state index in [9.17, 15) is 0 Å². The maximum Gasteiger partial charge on any atom is 0.182 e. The van der Waals surface area contributed by atoms with Crippen LogP contribution < -0.4 is 9.80 Å². The van der Waals surface area contributed by atoms with E-state index in [1.807, 2.05) is 23.0 Å². The van der Waals surface area contributed by atoms with Gasteiger partial charge < -0.3 is 19.3 Å². The molecule has 7 rings (SSSR count). The van der Waals surface area contributed by atoms with E-state index in [-0.39, 0.29) is 12.2 Å². The first-order valence-electron chi connectivity index (χ1n) is 10.3. The van der Waals surface area contributed by atoms with E-state index in [2.05, 4.69) is 44.9 Å². The molecule has 152 valence electrons. The van der Waals surface area contributed by atoms with Gasteiger partial charge in [0.2, 0.25) is 0 Å². The van der Waals surface area contributed by atoms with Crippen molar-refractivity contribution >= 4 is 17.0 Å². The second-order valence-electron chi connectivity index (χ2n) is 8.41. The Kier molecular flexibility index (Phi) is 3.82. The van der Waals surface area contributed by atoms with Gasteiger partial charge in [0.1, 0.15) is 11.2 Å². The SMILES string of the molecule is CC1CN(c2cc(N3CC4CC(C3)O4)nn3c(-c4cc[nH]n4)ncc23)CC(C)O1. The fraction of sp³-hybridized carbons (Fsp3) is 0.550. The highest BCUT2D eigenvalue weighted by Crippen LogP contribution is 2.35. The highest BCUT2D eigenvalue weighted by atomic mass is 16.5. The van der Waals surface area contributed by atoms with Crippen molar-refractivity contribution in [2.24, 2.45) is 0 Å². The predicted molar refractivity (Wildman–Crippen MR) is 108 cm³/mol. The minimum absolute atomic E-state index is 0.181. The van der Waals surface area contributed by atoms with Gasteiger partial charge in [-0.3, -0.25) is 5.10 Å². The number of imidazole rings is 1. The third kappa shape index (κ3) is 2.87. The molecule has 4 saturated heterocycles. The van der Waals surface area contributed by atoms with Crippen LogP contribution in [0.15, 0.2) is 24.5 Å². The minimum atomic E-state index is 0.181. The number of nitrogens with one attached hydrogen (secondary N) is 1. The number of hydrogen-bond donors (Lipinski definition) is 1. The Morgan fingerprint density at radius 1 is 1.03 bits per heavy atom. The van der Waals surface area contributed by atoms with Crippen LogP contribution in [0.3, 0.4) is 0 Å². The monoisotopic (exact) mass is 395 g/mol. The van der Waals surface area contributed by atoms with Gasteiger partial charge in [0, 0.05) is 44.9 Å². The lowest BCUT2D eigenvalue weighted by Crippen LogP contribution is -2.57. The molecule has 0 aliphatic carbocycles. The minimum Gasteiger partial charge on any atom is -0.372 e. The average Bonchev–Trinajstić information content (AvgIpc) is 3.35. The summed E-state index contributed by atoms with van der Waals surface area (Å²) in [6.07, 6.45) is 5.88. The zero-order chi connectivity index (χ0) is 19.5. The van der Waals surface area contributed by atoms with Gasteiger partial charge in [-0.15, -0.1) is 5.10 Å². The lowest BCUT2D eigenvalue weighted by molar-refractivity contribution is -0.133. The molecule has 3 aromatic heterocycles. The van der Waals surface area contributed by atoms with E-state index in [4.69, 9.17) is 14.6 Å². The molecular weight excluding hydrogens is 370 g/mol. The van der Waals surface area contributed by atoms with Gasteiger partial charge in [-0.1, -0.05) is 0 Å². The molecular formula is C20H25N7O2. The summed E-state index contributed by atoms with van der Waals surface area (Å²) in [6, 6.07) is 4.13. The van der Waals surface area contributed by atoms with Crippen LogP contribution in [0, 0.1) is 0 Å². The Balaban J connectivity index is 1.48. The number of piperidine rings is 1. The molecule has 9 heteroatoms. The summed E-state index contributed by atoms with van der Waals surface area (Å²) < 4.78 is 13.7. The second kappa shape index (κ2) is 6.43. The number of aromatic amines is 1. The summed E-state index contributed by atoms with van der Waals surface area (Å²) >= 11 is 0. The normalized spacial score (nSPS) is 29.3. The largest absolute Gasteiger partial charge is 0.372 e. The van der Waals surface area contributed by atoms with E-state index in [0.29, 0.717) is 12.2 Å². The van der Waals surface area contributed by atoms with Crippen molar-refractivity contribution in [2.75, 3.05) is 36.0 Å². The molecule has 4 atom stereocenters. The number of aromatic nitrogens is 5. The van der Waals surface area contributed by atoms with Crippen LogP contribution in [-0.4, -0.2) is 75.4 Å². The number of morpholine rings is 2. The topological polar surface area (TPSA) is 83.8 Å². The van der Waals surface area contributed by atoms with Crippen LogP contribution >= 0.6 is 0 Å².